The first-order valence-electron chi connectivity index (χ1n) is 6.99. The molecule has 3 rings (SSSR count). The second kappa shape index (κ2) is 5.13. The molecule has 21 heavy (non-hydrogen) atoms. The van der Waals surface area contributed by atoms with Gasteiger partial charge < -0.3 is 4.98 Å². The number of rotatable bonds is 2. The summed E-state index contributed by atoms with van der Waals surface area (Å²) in [7, 11) is 0. The Labute approximate surface area is 124 Å². The van der Waals surface area contributed by atoms with Crippen molar-refractivity contribution in [1.29, 1.82) is 0 Å². The third kappa shape index (κ3) is 2.84. The third-order valence-electron chi connectivity index (χ3n) is 3.42. The van der Waals surface area contributed by atoms with E-state index in [1.807, 2.05) is 18.2 Å². The molecule has 0 aliphatic rings. The highest BCUT2D eigenvalue weighted by molar-refractivity contribution is 5.59. The van der Waals surface area contributed by atoms with Crippen molar-refractivity contribution in [1.82, 2.24) is 20.2 Å². The van der Waals surface area contributed by atoms with Crippen LogP contribution in [0.1, 0.15) is 26.3 Å². The van der Waals surface area contributed by atoms with Crippen LogP contribution in [-0.2, 0) is 5.41 Å². The van der Waals surface area contributed by atoms with Gasteiger partial charge in [-0.2, -0.15) is 0 Å². The lowest BCUT2D eigenvalue weighted by molar-refractivity contribution is 0.590. The molecular formula is C17H18N4. The predicted molar refractivity (Wildman–Crippen MR) is 83.7 cm³/mol. The highest BCUT2D eigenvalue weighted by atomic mass is 15.2. The Hall–Kier alpha value is -2.49. The van der Waals surface area contributed by atoms with Crippen molar-refractivity contribution in [3.8, 4) is 22.9 Å². The van der Waals surface area contributed by atoms with Gasteiger partial charge in [-0.15, -0.1) is 10.2 Å². The fraction of sp³-hybridized carbons (Fsp3) is 0.235. The van der Waals surface area contributed by atoms with Crippen molar-refractivity contribution >= 4 is 0 Å². The van der Waals surface area contributed by atoms with Crippen LogP contribution in [0, 0.1) is 0 Å². The molecule has 1 aromatic carbocycles. The Morgan fingerprint density at radius 2 is 1.57 bits per heavy atom. The Morgan fingerprint density at radius 3 is 2.19 bits per heavy atom. The quantitative estimate of drug-likeness (QED) is 0.775. The summed E-state index contributed by atoms with van der Waals surface area (Å²) >= 11 is 0. The summed E-state index contributed by atoms with van der Waals surface area (Å²) < 4.78 is 0. The minimum Gasteiger partial charge on any atom is -0.320 e. The molecule has 0 fully saturated rings. The van der Waals surface area contributed by atoms with Crippen molar-refractivity contribution in [2.75, 3.05) is 0 Å². The van der Waals surface area contributed by atoms with E-state index in [0.717, 1.165) is 17.1 Å². The lowest BCUT2D eigenvalue weighted by Crippen LogP contribution is -2.10. The fourth-order valence-corrected chi connectivity index (χ4v) is 2.14. The van der Waals surface area contributed by atoms with Crippen LogP contribution in [-0.4, -0.2) is 20.2 Å². The number of nitrogens with one attached hydrogen (secondary N) is 1. The monoisotopic (exact) mass is 278 g/mol. The maximum Gasteiger partial charge on any atom is 0.180 e. The zero-order valence-corrected chi connectivity index (χ0v) is 12.5. The highest BCUT2D eigenvalue weighted by Gasteiger charge is 2.14. The fourth-order valence-electron chi connectivity index (χ4n) is 2.14. The van der Waals surface area contributed by atoms with Gasteiger partial charge >= 0.3 is 0 Å². The molecular weight excluding hydrogens is 260 g/mol. The van der Waals surface area contributed by atoms with Gasteiger partial charge in [0.2, 0.25) is 0 Å². The summed E-state index contributed by atoms with van der Waals surface area (Å²) in [5.41, 5.74) is 3.27. The number of H-pyrrole nitrogens is 1. The number of nitrogens with zero attached hydrogens (tertiary/aromatic N) is 3. The molecule has 0 spiro atoms. The van der Waals surface area contributed by atoms with E-state index in [-0.39, 0.29) is 5.41 Å². The van der Waals surface area contributed by atoms with Crippen LogP contribution in [0.2, 0.25) is 0 Å². The Morgan fingerprint density at radius 1 is 0.857 bits per heavy atom. The predicted octanol–water partition coefficient (Wildman–Crippen LogP) is 3.83. The van der Waals surface area contributed by atoms with E-state index in [9.17, 15) is 0 Å². The van der Waals surface area contributed by atoms with Crippen LogP contribution in [0.3, 0.4) is 0 Å². The maximum absolute atomic E-state index is 4.27. The SMILES string of the molecule is CC(C)(C)c1ccc(-c2nnc(-c3ccccn3)[nH]2)cc1. The molecule has 0 unspecified atom stereocenters. The lowest BCUT2D eigenvalue weighted by Gasteiger charge is -2.18. The second-order valence-electron chi connectivity index (χ2n) is 6.06. The molecule has 0 bridgehead atoms. The summed E-state index contributed by atoms with van der Waals surface area (Å²) in [6, 6.07) is 14.1. The first kappa shape index (κ1) is 13.5. The van der Waals surface area contributed by atoms with Gasteiger partial charge in [0.15, 0.2) is 11.6 Å². The van der Waals surface area contributed by atoms with Crippen molar-refractivity contribution in [3.63, 3.8) is 0 Å². The summed E-state index contributed by atoms with van der Waals surface area (Å²) in [5, 5.41) is 8.38. The van der Waals surface area contributed by atoms with Crippen molar-refractivity contribution in [2.24, 2.45) is 0 Å². The molecule has 0 radical (unpaired) electrons. The van der Waals surface area contributed by atoms with Crippen molar-refractivity contribution in [3.05, 3.63) is 54.2 Å². The largest absolute Gasteiger partial charge is 0.320 e. The Bertz CT molecular complexity index is 721. The van der Waals surface area contributed by atoms with E-state index in [4.69, 9.17) is 0 Å². The smallest absolute Gasteiger partial charge is 0.180 e. The first-order chi connectivity index (χ1) is 10.0. The molecule has 4 nitrogen and oxygen atoms in total. The van der Waals surface area contributed by atoms with Gasteiger partial charge in [-0.05, 0) is 23.1 Å². The number of pyridine rings is 1. The normalized spacial score (nSPS) is 11.6. The van der Waals surface area contributed by atoms with E-state index in [0.29, 0.717) is 5.82 Å². The van der Waals surface area contributed by atoms with Gasteiger partial charge in [0, 0.05) is 11.8 Å². The molecule has 0 amide bonds. The van der Waals surface area contributed by atoms with Crippen molar-refractivity contribution in [2.45, 2.75) is 26.2 Å². The molecule has 2 heterocycles. The van der Waals surface area contributed by atoms with Crippen LogP contribution in [0.25, 0.3) is 22.9 Å². The van der Waals surface area contributed by atoms with Crippen LogP contribution >= 0.6 is 0 Å². The molecule has 106 valence electrons. The topological polar surface area (TPSA) is 54.5 Å². The van der Waals surface area contributed by atoms with E-state index in [2.05, 4.69) is 65.2 Å². The summed E-state index contributed by atoms with van der Waals surface area (Å²) in [4.78, 5) is 7.49. The van der Waals surface area contributed by atoms with Crippen LogP contribution < -0.4 is 0 Å². The Kier molecular flexibility index (Phi) is 3.29. The van der Waals surface area contributed by atoms with Gasteiger partial charge in [-0.3, -0.25) is 4.98 Å². The van der Waals surface area contributed by atoms with Gasteiger partial charge in [0.25, 0.3) is 0 Å². The van der Waals surface area contributed by atoms with Crippen LogP contribution in [0.15, 0.2) is 48.7 Å². The summed E-state index contributed by atoms with van der Waals surface area (Å²) in [5.74, 6) is 1.45. The standard InChI is InChI=1S/C17H18N4/c1-17(2,3)13-9-7-12(8-10-13)15-19-16(21-20-15)14-6-4-5-11-18-14/h4-11H,1-3H3,(H,19,20,21). The van der Waals surface area contributed by atoms with E-state index >= 15 is 0 Å². The summed E-state index contributed by atoms with van der Waals surface area (Å²) in [6.07, 6.45) is 1.75. The van der Waals surface area contributed by atoms with E-state index in [1.54, 1.807) is 6.20 Å². The number of aromatic nitrogens is 4. The molecule has 0 aliphatic heterocycles. The third-order valence-corrected chi connectivity index (χ3v) is 3.42. The van der Waals surface area contributed by atoms with Crippen LogP contribution in [0.4, 0.5) is 0 Å². The first-order valence-corrected chi connectivity index (χ1v) is 6.99. The molecule has 2 aromatic heterocycles. The van der Waals surface area contributed by atoms with Gasteiger partial charge in [-0.25, -0.2) is 0 Å². The Balaban J connectivity index is 1.90. The molecule has 0 atom stereocenters. The molecule has 4 heteroatoms. The average molecular weight is 278 g/mol. The summed E-state index contributed by atoms with van der Waals surface area (Å²) in [6.45, 7) is 6.61. The zero-order chi connectivity index (χ0) is 14.9. The minimum atomic E-state index is 0.152. The highest BCUT2D eigenvalue weighted by Crippen LogP contribution is 2.25. The van der Waals surface area contributed by atoms with Crippen molar-refractivity contribution < 1.29 is 0 Å². The molecule has 3 aromatic rings. The molecule has 0 saturated heterocycles. The number of hydrogen-bond acceptors (Lipinski definition) is 3. The molecule has 0 saturated carbocycles. The van der Waals surface area contributed by atoms with E-state index in [1.165, 1.54) is 5.56 Å². The maximum atomic E-state index is 4.27. The second-order valence-corrected chi connectivity index (χ2v) is 6.06. The average Bonchev–Trinajstić information content (AvgIpc) is 2.97. The number of aromatic amines is 1. The van der Waals surface area contributed by atoms with Gasteiger partial charge in [0.1, 0.15) is 5.69 Å². The van der Waals surface area contributed by atoms with Crippen LogP contribution in [0.5, 0.6) is 0 Å². The number of hydrogen-bond donors (Lipinski definition) is 1. The minimum absolute atomic E-state index is 0.152. The van der Waals surface area contributed by atoms with Gasteiger partial charge in [0.05, 0.1) is 0 Å². The molecule has 1 N–H and O–H groups in total. The lowest BCUT2D eigenvalue weighted by atomic mass is 9.87. The molecule has 0 aliphatic carbocycles. The van der Waals surface area contributed by atoms with E-state index < -0.39 is 0 Å². The number of benzene rings is 1. The van der Waals surface area contributed by atoms with Gasteiger partial charge in [-0.1, -0.05) is 51.1 Å². The zero-order valence-electron chi connectivity index (χ0n) is 12.5.